The van der Waals surface area contributed by atoms with Crippen molar-refractivity contribution in [3.05, 3.63) is 0 Å². The van der Waals surface area contributed by atoms with E-state index in [1.165, 1.54) is 0 Å². The van der Waals surface area contributed by atoms with Gasteiger partial charge in [0.05, 0.1) is 0 Å². The van der Waals surface area contributed by atoms with E-state index in [1.807, 2.05) is 0 Å². The van der Waals surface area contributed by atoms with E-state index in [-0.39, 0.29) is 18.4 Å². The normalized spacial score (nSPS) is 33.2. The zero-order chi connectivity index (χ0) is 12.1. The molecule has 1 N–H and O–H groups in total. The first-order valence-corrected chi connectivity index (χ1v) is 4.93. The van der Waals surface area contributed by atoms with Crippen molar-refractivity contribution in [2.75, 3.05) is 6.54 Å². The Labute approximate surface area is 89.0 Å². The Morgan fingerprint density at radius 1 is 1.25 bits per heavy atom. The second kappa shape index (κ2) is 3.36. The molecule has 90 valence electrons. The molecule has 0 aromatic rings. The Balaban J connectivity index is 2.21. The first-order valence-electron chi connectivity index (χ1n) is 4.93. The molecule has 1 saturated carbocycles. The largest absolute Gasteiger partial charge is 0.480 e. The lowest BCUT2D eigenvalue weighted by atomic mass is 9.73. The summed E-state index contributed by atoms with van der Waals surface area (Å²) in [5.41, 5.74) is 0. The van der Waals surface area contributed by atoms with Crippen molar-refractivity contribution in [2.45, 2.75) is 25.1 Å². The number of nitrogens with zero attached hydrogens (tertiary/aromatic N) is 1. The Kier molecular flexibility index (Phi) is 2.36. The summed E-state index contributed by atoms with van der Waals surface area (Å²) in [7, 11) is 0. The van der Waals surface area contributed by atoms with Gasteiger partial charge in [0.15, 0.2) is 0 Å². The third-order valence-corrected chi connectivity index (χ3v) is 3.41. The fraction of sp³-hybridized carbons (Fsp3) is 0.778. The number of carbonyl (C=O) groups is 2. The van der Waals surface area contributed by atoms with Crippen LogP contribution in [0.25, 0.3) is 0 Å². The SMILES string of the molecule is O=C(O)[C@@H]1[C@@H]2CC[C@@H]2CN1C(=O)C(F)(F)F. The van der Waals surface area contributed by atoms with Crippen LogP contribution in [0, 0.1) is 11.8 Å². The van der Waals surface area contributed by atoms with E-state index in [1.54, 1.807) is 0 Å². The Morgan fingerprint density at radius 3 is 2.25 bits per heavy atom. The number of rotatable bonds is 1. The molecule has 1 aliphatic heterocycles. The number of hydrogen-bond acceptors (Lipinski definition) is 2. The summed E-state index contributed by atoms with van der Waals surface area (Å²) in [6, 6.07) is -1.30. The highest BCUT2D eigenvalue weighted by molar-refractivity contribution is 5.88. The summed E-state index contributed by atoms with van der Waals surface area (Å²) in [5.74, 6) is -3.75. The molecule has 7 heteroatoms. The number of hydrogen-bond donors (Lipinski definition) is 1. The number of halogens is 3. The highest BCUT2D eigenvalue weighted by Gasteiger charge is 2.56. The summed E-state index contributed by atoms with van der Waals surface area (Å²) in [6.07, 6.45) is -3.70. The van der Waals surface area contributed by atoms with E-state index >= 15 is 0 Å². The molecular formula is C9H10F3NO3. The molecule has 0 aromatic heterocycles. The predicted molar refractivity (Wildman–Crippen MR) is 45.4 cm³/mol. The molecule has 1 aliphatic carbocycles. The van der Waals surface area contributed by atoms with Crippen LogP contribution in [-0.4, -0.2) is 40.6 Å². The maximum absolute atomic E-state index is 12.2. The molecule has 2 fully saturated rings. The third-order valence-electron chi connectivity index (χ3n) is 3.41. The Hall–Kier alpha value is -1.27. The lowest BCUT2D eigenvalue weighted by Gasteiger charge is -2.31. The van der Waals surface area contributed by atoms with Crippen LogP contribution < -0.4 is 0 Å². The number of carbonyl (C=O) groups excluding carboxylic acids is 1. The van der Waals surface area contributed by atoms with Gasteiger partial charge in [-0.1, -0.05) is 0 Å². The van der Waals surface area contributed by atoms with Crippen molar-refractivity contribution in [3.8, 4) is 0 Å². The molecule has 3 atom stereocenters. The fourth-order valence-corrected chi connectivity index (χ4v) is 2.52. The van der Waals surface area contributed by atoms with Crippen molar-refractivity contribution in [1.29, 1.82) is 0 Å². The van der Waals surface area contributed by atoms with E-state index < -0.39 is 24.1 Å². The number of amides is 1. The second-order valence-corrected chi connectivity index (χ2v) is 4.24. The minimum atomic E-state index is -4.99. The highest BCUT2D eigenvalue weighted by Crippen LogP contribution is 2.45. The average Bonchev–Trinajstić information content (AvgIpc) is 2.36. The van der Waals surface area contributed by atoms with Crippen LogP contribution >= 0.6 is 0 Å². The van der Waals surface area contributed by atoms with Gasteiger partial charge in [0.2, 0.25) is 0 Å². The van der Waals surface area contributed by atoms with E-state index in [4.69, 9.17) is 5.11 Å². The molecule has 0 bridgehead atoms. The molecule has 1 amide bonds. The molecule has 0 radical (unpaired) electrons. The first-order chi connectivity index (χ1) is 7.32. The maximum Gasteiger partial charge on any atom is 0.471 e. The number of carboxylic acids is 1. The predicted octanol–water partition coefficient (Wildman–Crippen LogP) is 0.870. The lowest BCUT2D eigenvalue weighted by molar-refractivity contribution is -0.188. The molecule has 2 rings (SSSR count). The van der Waals surface area contributed by atoms with Crippen LogP contribution in [-0.2, 0) is 9.59 Å². The monoisotopic (exact) mass is 237 g/mol. The van der Waals surface area contributed by atoms with Crippen molar-refractivity contribution < 1.29 is 27.9 Å². The van der Waals surface area contributed by atoms with Crippen LogP contribution in [0.5, 0.6) is 0 Å². The lowest BCUT2D eigenvalue weighted by Crippen LogP contribution is -2.48. The number of likely N-dealkylation sites (tertiary alicyclic amines) is 1. The Morgan fingerprint density at radius 2 is 1.88 bits per heavy atom. The van der Waals surface area contributed by atoms with Gasteiger partial charge in [-0.05, 0) is 24.7 Å². The maximum atomic E-state index is 12.2. The molecule has 1 saturated heterocycles. The molecule has 0 spiro atoms. The van der Waals surface area contributed by atoms with Crippen LogP contribution in [0.3, 0.4) is 0 Å². The smallest absolute Gasteiger partial charge is 0.471 e. The number of aliphatic carboxylic acids is 1. The summed E-state index contributed by atoms with van der Waals surface area (Å²) in [6.45, 7) is -0.0834. The van der Waals surface area contributed by atoms with Gasteiger partial charge in [-0.15, -0.1) is 0 Å². The van der Waals surface area contributed by atoms with Crippen LogP contribution in [0.15, 0.2) is 0 Å². The van der Waals surface area contributed by atoms with Crippen molar-refractivity contribution >= 4 is 11.9 Å². The summed E-state index contributed by atoms with van der Waals surface area (Å²) < 4.78 is 36.7. The molecular weight excluding hydrogens is 227 g/mol. The van der Waals surface area contributed by atoms with Crippen molar-refractivity contribution in [1.82, 2.24) is 4.90 Å². The number of carboxylic acid groups (broad SMARTS) is 1. The minimum absolute atomic E-state index is 0.0765. The summed E-state index contributed by atoms with van der Waals surface area (Å²) >= 11 is 0. The summed E-state index contributed by atoms with van der Waals surface area (Å²) in [4.78, 5) is 22.4. The van der Waals surface area contributed by atoms with Gasteiger partial charge in [-0.3, -0.25) is 4.79 Å². The Bertz CT molecular complexity index is 341. The van der Waals surface area contributed by atoms with Crippen LogP contribution in [0.4, 0.5) is 13.2 Å². The molecule has 1 heterocycles. The van der Waals surface area contributed by atoms with E-state index in [0.29, 0.717) is 17.7 Å². The molecule has 0 unspecified atom stereocenters. The number of fused-ring (bicyclic) bond motifs is 1. The zero-order valence-corrected chi connectivity index (χ0v) is 8.20. The second-order valence-electron chi connectivity index (χ2n) is 4.24. The van der Waals surface area contributed by atoms with Gasteiger partial charge in [-0.2, -0.15) is 13.2 Å². The van der Waals surface area contributed by atoms with Gasteiger partial charge in [0, 0.05) is 6.54 Å². The van der Waals surface area contributed by atoms with Gasteiger partial charge >= 0.3 is 18.1 Å². The van der Waals surface area contributed by atoms with Gasteiger partial charge < -0.3 is 10.0 Å². The first kappa shape index (κ1) is 11.2. The topological polar surface area (TPSA) is 57.6 Å². The zero-order valence-electron chi connectivity index (χ0n) is 8.20. The molecule has 16 heavy (non-hydrogen) atoms. The quantitative estimate of drug-likeness (QED) is 0.736. The molecule has 2 aliphatic rings. The van der Waals surface area contributed by atoms with E-state index in [2.05, 4.69) is 0 Å². The standard InChI is InChI=1S/C9H10F3NO3/c10-9(11,12)8(16)13-3-4-1-2-5(4)6(13)7(14)15/h4-6H,1-3H2,(H,14,15)/t4-,5-,6+/m1/s1. The minimum Gasteiger partial charge on any atom is -0.480 e. The van der Waals surface area contributed by atoms with Gasteiger partial charge in [0.25, 0.3) is 0 Å². The van der Waals surface area contributed by atoms with Gasteiger partial charge in [-0.25, -0.2) is 4.79 Å². The van der Waals surface area contributed by atoms with Gasteiger partial charge in [0.1, 0.15) is 6.04 Å². The van der Waals surface area contributed by atoms with E-state index in [0.717, 1.165) is 0 Å². The van der Waals surface area contributed by atoms with E-state index in [9.17, 15) is 22.8 Å². The van der Waals surface area contributed by atoms with Crippen LogP contribution in [0.2, 0.25) is 0 Å². The van der Waals surface area contributed by atoms with Crippen molar-refractivity contribution in [2.24, 2.45) is 11.8 Å². The van der Waals surface area contributed by atoms with Crippen molar-refractivity contribution in [3.63, 3.8) is 0 Å². The highest BCUT2D eigenvalue weighted by atomic mass is 19.4. The number of alkyl halides is 3. The molecule has 4 nitrogen and oxygen atoms in total. The summed E-state index contributed by atoms with van der Waals surface area (Å²) in [5, 5.41) is 8.86. The third kappa shape index (κ3) is 1.54. The fourth-order valence-electron chi connectivity index (χ4n) is 2.52. The van der Waals surface area contributed by atoms with Crippen LogP contribution in [0.1, 0.15) is 12.8 Å². The molecule has 0 aromatic carbocycles. The average molecular weight is 237 g/mol.